The number of thioether (sulfide) groups is 1. The molecule has 0 aliphatic carbocycles. The fourth-order valence-corrected chi connectivity index (χ4v) is 4.98. The molecule has 1 aliphatic rings. The number of nitrogens with one attached hydrogen (secondary N) is 1. The fraction of sp³-hybridized carbons (Fsp3) is 0.179. The number of nitrogens with zero attached hydrogens (tertiary/aromatic N) is 1. The van der Waals surface area contributed by atoms with E-state index in [1.54, 1.807) is 36.4 Å². The number of carbonyl (C=O) groups is 3. The molecule has 0 radical (unpaired) electrons. The van der Waals surface area contributed by atoms with Crippen LogP contribution in [0.1, 0.15) is 16.7 Å². The zero-order valence-corrected chi connectivity index (χ0v) is 23.8. The Balaban J connectivity index is 1.40. The Labute approximate surface area is 238 Å². The molecule has 1 N–H and O–H groups in total. The van der Waals surface area contributed by atoms with E-state index in [1.807, 2.05) is 44.2 Å². The molecule has 3 aromatic carbocycles. The minimum atomic E-state index is -0.409. The maximum atomic E-state index is 13.0. The molecular weight excluding hydrogens is 592 g/mol. The molecule has 4 rings (SSSR count). The smallest absolute Gasteiger partial charge is 0.293 e. The number of hydrogen-bond acceptors (Lipinski definition) is 6. The van der Waals surface area contributed by atoms with E-state index in [1.165, 1.54) is 0 Å². The van der Waals surface area contributed by atoms with Crippen LogP contribution in [0, 0.1) is 13.8 Å². The van der Waals surface area contributed by atoms with E-state index in [4.69, 9.17) is 21.1 Å². The average Bonchev–Trinajstić information content (AvgIpc) is 3.13. The predicted molar refractivity (Wildman–Crippen MR) is 154 cm³/mol. The summed E-state index contributed by atoms with van der Waals surface area (Å²) in [5.41, 5.74) is 3.07. The second kappa shape index (κ2) is 12.5. The van der Waals surface area contributed by atoms with Crippen LogP contribution in [-0.2, 0) is 9.59 Å². The fourth-order valence-electron chi connectivity index (χ4n) is 3.57. The highest BCUT2D eigenvalue weighted by Gasteiger charge is 2.35. The average molecular weight is 616 g/mol. The number of imide groups is 1. The number of aryl methyl sites for hydroxylation is 2. The van der Waals surface area contributed by atoms with Gasteiger partial charge in [-0.1, -0.05) is 45.7 Å². The summed E-state index contributed by atoms with van der Waals surface area (Å²) in [7, 11) is 0. The van der Waals surface area contributed by atoms with E-state index in [2.05, 4.69) is 21.2 Å². The van der Waals surface area contributed by atoms with E-state index < -0.39 is 5.91 Å². The first-order valence-corrected chi connectivity index (χ1v) is 13.6. The second-order valence-corrected chi connectivity index (χ2v) is 10.8. The molecule has 0 saturated carbocycles. The third-order valence-electron chi connectivity index (χ3n) is 5.52. The molecule has 196 valence electrons. The zero-order chi connectivity index (χ0) is 27.2. The van der Waals surface area contributed by atoms with Gasteiger partial charge in [-0.05, 0) is 85.3 Å². The van der Waals surface area contributed by atoms with Crippen molar-refractivity contribution < 1.29 is 23.9 Å². The zero-order valence-electron chi connectivity index (χ0n) is 20.6. The summed E-state index contributed by atoms with van der Waals surface area (Å²) in [6.45, 7) is 3.88. The summed E-state index contributed by atoms with van der Waals surface area (Å²) in [6, 6.07) is 18.0. The molecule has 1 aliphatic heterocycles. The molecular formula is C28H24BrClN2O5S. The number of benzene rings is 3. The van der Waals surface area contributed by atoms with Gasteiger partial charge in [-0.25, -0.2) is 0 Å². The molecule has 1 heterocycles. The first-order chi connectivity index (χ1) is 18.2. The number of hydrogen-bond donors (Lipinski definition) is 1. The highest BCUT2D eigenvalue weighted by atomic mass is 79.9. The van der Waals surface area contributed by atoms with Gasteiger partial charge in [0.2, 0.25) is 0 Å². The first-order valence-electron chi connectivity index (χ1n) is 11.6. The van der Waals surface area contributed by atoms with Crippen molar-refractivity contribution in [3.05, 3.63) is 91.8 Å². The van der Waals surface area contributed by atoms with Gasteiger partial charge in [0.1, 0.15) is 18.1 Å². The quantitative estimate of drug-likeness (QED) is 0.265. The number of halogens is 2. The van der Waals surface area contributed by atoms with Crippen molar-refractivity contribution in [2.45, 2.75) is 13.8 Å². The lowest BCUT2D eigenvalue weighted by Gasteiger charge is -2.13. The van der Waals surface area contributed by atoms with Crippen LogP contribution in [0.4, 0.5) is 10.5 Å². The summed E-state index contributed by atoms with van der Waals surface area (Å²) in [6.07, 6.45) is 1.59. The Morgan fingerprint density at radius 1 is 1.08 bits per heavy atom. The van der Waals surface area contributed by atoms with Crippen LogP contribution < -0.4 is 14.8 Å². The number of amides is 3. The lowest BCUT2D eigenvalue weighted by Crippen LogP contribution is -2.32. The largest absolute Gasteiger partial charge is 0.492 e. The SMILES string of the molecule is Cc1cccc(OCCN2C(=O)S/C(=C\c3cc(Br)ccc3OCC(=O)Nc3ccc(C)c(Cl)c3)C2=O)c1. The van der Waals surface area contributed by atoms with Gasteiger partial charge in [0, 0.05) is 20.7 Å². The van der Waals surface area contributed by atoms with E-state index in [-0.39, 0.29) is 35.8 Å². The maximum Gasteiger partial charge on any atom is 0.293 e. The van der Waals surface area contributed by atoms with Gasteiger partial charge < -0.3 is 14.8 Å². The molecule has 1 saturated heterocycles. The Morgan fingerprint density at radius 2 is 1.89 bits per heavy atom. The van der Waals surface area contributed by atoms with Crippen molar-refractivity contribution in [1.29, 1.82) is 0 Å². The molecule has 10 heteroatoms. The van der Waals surface area contributed by atoms with Crippen molar-refractivity contribution in [2.24, 2.45) is 0 Å². The van der Waals surface area contributed by atoms with Crippen molar-refractivity contribution in [1.82, 2.24) is 4.90 Å². The van der Waals surface area contributed by atoms with Gasteiger partial charge in [-0.3, -0.25) is 19.3 Å². The molecule has 7 nitrogen and oxygen atoms in total. The molecule has 0 unspecified atom stereocenters. The van der Waals surface area contributed by atoms with Crippen LogP contribution in [0.5, 0.6) is 11.5 Å². The lowest BCUT2D eigenvalue weighted by molar-refractivity contribution is -0.123. The monoisotopic (exact) mass is 614 g/mol. The molecule has 3 aromatic rings. The van der Waals surface area contributed by atoms with Crippen LogP contribution in [0.15, 0.2) is 70.0 Å². The number of carbonyl (C=O) groups excluding carboxylic acids is 3. The van der Waals surface area contributed by atoms with E-state index >= 15 is 0 Å². The maximum absolute atomic E-state index is 13.0. The molecule has 0 aromatic heterocycles. The normalized spacial score (nSPS) is 14.2. The van der Waals surface area contributed by atoms with Gasteiger partial charge in [0.05, 0.1) is 11.4 Å². The second-order valence-electron chi connectivity index (χ2n) is 8.48. The van der Waals surface area contributed by atoms with Gasteiger partial charge in [-0.15, -0.1) is 0 Å². The molecule has 1 fully saturated rings. The van der Waals surface area contributed by atoms with Gasteiger partial charge >= 0.3 is 0 Å². The number of ether oxygens (including phenoxy) is 2. The van der Waals surface area contributed by atoms with Crippen LogP contribution >= 0.6 is 39.3 Å². The van der Waals surface area contributed by atoms with Crippen molar-refractivity contribution in [2.75, 3.05) is 25.1 Å². The standard InChI is InChI=1S/C28H24BrClN2O5S/c1-17-4-3-5-22(12-17)36-11-10-32-27(34)25(38-28(32)35)14-19-13-20(29)7-9-24(19)37-16-26(33)31-21-8-6-18(2)23(30)15-21/h3-9,12-15H,10-11,16H2,1-2H3,(H,31,33)/b25-14-. The van der Waals surface area contributed by atoms with Crippen LogP contribution in [0.2, 0.25) is 5.02 Å². The molecule has 0 atom stereocenters. The molecule has 3 amide bonds. The molecule has 0 spiro atoms. The van der Waals surface area contributed by atoms with Crippen LogP contribution in [0.25, 0.3) is 6.08 Å². The van der Waals surface area contributed by atoms with Crippen molar-refractivity contribution in [3.8, 4) is 11.5 Å². The minimum Gasteiger partial charge on any atom is -0.492 e. The van der Waals surface area contributed by atoms with E-state index in [0.29, 0.717) is 27.8 Å². The Morgan fingerprint density at radius 3 is 2.66 bits per heavy atom. The highest BCUT2D eigenvalue weighted by Crippen LogP contribution is 2.35. The summed E-state index contributed by atoms with van der Waals surface area (Å²) in [4.78, 5) is 39.4. The Bertz CT molecular complexity index is 1430. The summed E-state index contributed by atoms with van der Waals surface area (Å²) < 4.78 is 12.2. The summed E-state index contributed by atoms with van der Waals surface area (Å²) >= 11 is 10.4. The van der Waals surface area contributed by atoms with Crippen molar-refractivity contribution in [3.63, 3.8) is 0 Å². The number of anilines is 1. The third kappa shape index (κ3) is 7.18. The first kappa shape index (κ1) is 27.8. The third-order valence-corrected chi connectivity index (χ3v) is 7.33. The predicted octanol–water partition coefficient (Wildman–Crippen LogP) is 6.85. The van der Waals surface area contributed by atoms with Crippen LogP contribution in [0.3, 0.4) is 0 Å². The Hall–Kier alpha value is -3.27. The van der Waals surface area contributed by atoms with Crippen LogP contribution in [-0.4, -0.2) is 41.7 Å². The lowest BCUT2D eigenvalue weighted by atomic mass is 10.2. The van der Waals surface area contributed by atoms with Gasteiger partial charge in [-0.2, -0.15) is 0 Å². The summed E-state index contributed by atoms with van der Waals surface area (Å²) in [5, 5.41) is 2.92. The number of rotatable bonds is 9. The van der Waals surface area contributed by atoms with E-state index in [9.17, 15) is 14.4 Å². The molecule has 0 bridgehead atoms. The Kier molecular flexibility index (Phi) is 9.14. The van der Waals surface area contributed by atoms with Gasteiger partial charge in [0.25, 0.3) is 17.1 Å². The topological polar surface area (TPSA) is 84.9 Å². The van der Waals surface area contributed by atoms with Crippen molar-refractivity contribution >= 4 is 68.1 Å². The molecule has 38 heavy (non-hydrogen) atoms. The van der Waals surface area contributed by atoms with E-state index in [0.717, 1.165) is 32.3 Å². The minimum absolute atomic E-state index is 0.126. The highest BCUT2D eigenvalue weighted by molar-refractivity contribution is 9.10. The summed E-state index contributed by atoms with van der Waals surface area (Å²) in [5.74, 6) is 0.290. The van der Waals surface area contributed by atoms with Gasteiger partial charge in [0.15, 0.2) is 6.61 Å².